The number of benzene rings is 2. The maximum Gasteiger partial charge on any atom is 0.244 e. The number of aliphatic hydroxyl groups excluding tert-OH is 1. The Morgan fingerprint density at radius 2 is 2.04 bits per heavy atom. The van der Waals surface area contributed by atoms with Crippen LogP contribution in [0.15, 0.2) is 36.4 Å². The zero-order chi connectivity index (χ0) is 18.7. The molecule has 0 aliphatic heterocycles. The molecule has 0 spiro atoms. The first-order valence-corrected chi connectivity index (χ1v) is 8.74. The summed E-state index contributed by atoms with van der Waals surface area (Å²) in [5.41, 5.74) is 4.20. The molecule has 0 aliphatic carbocycles. The van der Waals surface area contributed by atoms with E-state index in [1.54, 1.807) is 4.57 Å². The van der Waals surface area contributed by atoms with Gasteiger partial charge < -0.3 is 20.3 Å². The molecule has 0 unspecified atom stereocenters. The fraction of sp³-hybridized carbons (Fsp3) is 0.263. The van der Waals surface area contributed by atoms with E-state index in [0.717, 1.165) is 22.2 Å². The Morgan fingerprint density at radius 3 is 2.77 bits per heavy atom. The van der Waals surface area contributed by atoms with Gasteiger partial charge in [0, 0.05) is 6.54 Å². The maximum atomic E-state index is 12.6. The van der Waals surface area contributed by atoms with Crippen LogP contribution in [0.1, 0.15) is 11.1 Å². The van der Waals surface area contributed by atoms with Gasteiger partial charge in [-0.15, -0.1) is 0 Å². The zero-order valence-electron chi connectivity index (χ0n) is 14.7. The summed E-state index contributed by atoms with van der Waals surface area (Å²) in [6, 6.07) is 11.4. The molecule has 26 heavy (non-hydrogen) atoms. The van der Waals surface area contributed by atoms with Crippen molar-refractivity contribution in [3.63, 3.8) is 0 Å². The first-order chi connectivity index (χ1) is 12.5. The lowest BCUT2D eigenvalue weighted by molar-refractivity contribution is -0.116. The van der Waals surface area contributed by atoms with Crippen molar-refractivity contribution in [2.75, 3.05) is 23.8 Å². The molecule has 1 amide bonds. The molecule has 3 rings (SSSR count). The molecule has 0 fully saturated rings. The van der Waals surface area contributed by atoms with Gasteiger partial charge in [0.1, 0.15) is 6.54 Å². The van der Waals surface area contributed by atoms with Crippen LogP contribution in [0.5, 0.6) is 0 Å². The summed E-state index contributed by atoms with van der Waals surface area (Å²) >= 11 is 6.28. The minimum atomic E-state index is -0.200. The molecule has 2 aromatic carbocycles. The predicted octanol–water partition coefficient (Wildman–Crippen LogP) is 3.35. The molecule has 136 valence electrons. The number of carbonyl (C=O) groups excluding carboxylic acids is 1. The summed E-state index contributed by atoms with van der Waals surface area (Å²) in [5, 5.41) is 15.5. The minimum Gasteiger partial charge on any atom is -0.395 e. The van der Waals surface area contributed by atoms with Crippen molar-refractivity contribution in [1.82, 2.24) is 9.55 Å². The lowest BCUT2D eigenvalue weighted by Gasteiger charge is -2.14. The van der Waals surface area contributed by atoms with Gasteiger partial charge in [0.2, 0.25) is 11.9 Å². The quantitative estimate of drug-likeness (QED) is 0.620. The molecule has 0 saturated carbocycles. The first kappa shape index (κ1) is 18.2. The van der Waals surface area contributed by atoms with Crippen LogP contribution in [-0.2, 0) is 11.3 Å². The average Bonchev–Trinajstić information content (AvgIpc) is 2.94. The van der Waals surface area contributed by atoms with Crippen molar-refractivity contribution in [2.45, 2.75) is 20.4 Å². The number of rotatable bonds is 6. The van der Waals surface area contributed by atoms with Crippen LogP contribution in [0.25, 0.3) is 11.0 Å². The second kappa shape index (κ2) is 7.76. The van der Waals surface area contributed by atoms with E-state index in [1.165, 1.54) is 0 Å². The van der Waals surface area contributed by atoms with E-state index >= 15 is 0 Å². The van der Waals surface area contributed by atoms with E-state index in [0.29, 0.717) is 23.2 Å². The molecule has 7 heteroatoms. The van der Waals surface area contributed by atoms with Gasteiger partial charge in [-0.3, -0.25) is 4.79 Å². The van der Waals surface area contributed by atoms with Crippen LogP contribution in [0.4, 0.5) is 11.6 Å². The molecule has 3 aromatic rings. The highest BCUT2D eigenvalue weighted by molar-refractivity contribution is 6.34. The second-order valence-corrected chi connectivity index (χ2v) is 6.55. The number of hydrogen-bond acceptors (Lipinski definition) is 4. The third-order valence-corrected chi connectivity index (χ3v) is 4.35. The number of nitrogens with zero attached hydrogens (tertiary/aromatic N) is 2. The van der Waals surface area contributed by atoms with E-state index in [2.05, 4.69) is 15.6 Å². The highest BCUT2D eigenvalue weighted by atomic mass is 35.5. The average molecular weight is 373 g/mol. The van der Waals surface area contributed by atoms with E-state index in [9.17, 15) is 4.79 Å². The zero-order valence-corrected chi connectivity index (χ0v) is 15.5. The summed E-state index contributed by atoms with van der Waals surface area (Å²) in [4.78, 5) is 17.1. The summed E-state index contributed by atoms with van der Waals surface area (Å²) in [7, 11) is 0. The maximum absolute atomic E-state index is 12.6. The third-order valence-electron chi connectivity index (χ3n) is 4.05. The Bertz CT molecular complexity index is 929. The third kappa shape index (κ3) is 3.81. The first-order valence-electron chi connectivity index (χ1n) is 8.36. The van der Waals surface area contributed by atoms with Crippen molar-refractivity contribution in [1.29, 1.82) is 0 Å². The smallest absolute Gasteiger partial charge is 0.244 e. The van der Waals surface area contributed by atoms with Crippen molar-refractivity contribution in [2.24, 2.45) is 0 Å². The topological polar surface area (TPSA) is 79.2 Å². The van der Waals surface area contributed by atoms with Crippen molar-refractivity contribution in [3.8, 4) is 0 Å². The molecule has 0 aliphatic rings. The number of fused-ring (bicyclic) bond motifs is 1. The Morgan fingerprint density at radius 1 is 1.27 bits per heavy atom. The number of para-hydroxylation sites is 2. The Balaban J connectivity index is 1.87. The molecule has 6 nitrogen and oxygen atoms in total. The van der Waals surface area contributed by atoms with Gasteiger partial charge in [-0.25, -0.2) is 4.98 Å². The van der Waals surface area contributed by atoms with Gasteiger partial charge in [0.05, 0.1) is 28.4 Å². The van der Waals surface area contributed by atoms with E-state index in [4.69, 9.17) is 16.7 Å². The van der Waals surface area contributed by atoms with Gasteiger partial charge in [0.15, 0.2) is 0 Å². The molecular formula is C19H21ClN4O2. The monoisotopic (exact) mass is 372 g/mol. The molecule has 0 bridgehead atoms. The van der Waals surface area contributed by atoms with Crippen LogP contribution in [-0.4, -0.2) is 33.7 Å². The van der Waals surface area contributed by atoms with Gasteiger partial charge >= 0.3 is 0 Å². The normalized spacial score (nSPS) is 10.9. The summed E-state index contributed by atoms with van der Waals surface area (Å²) in [6.07, 6.45) is 0. The highest BCUT2D eigenvalue weighted by Crippen LogP contribution is 2.27. The number of aromatic nitrogens is 2. The minimum absolute atomic E-state index is 0.0203. The van der Waals surface area contributed by atoms with E-state index < -0.39 is 0 Å². The largest absolute Gasteiger partial charge is 0.395 e. The van der Waals surface area contributed by atoms with Crippen LogP contribution in [0.3, 0.4) is 0 Å². The molecule has 0 saturated heterocycles. The standard InChI is InChI=1S/C19H21ClN4O2/c1-12-9-13(2)18(14(20)10-12)23-17(26)11-24-16-6-4-3-5-15(16)22-19(24)21-7-8-25/h3-6,9-10,25H,7-8,11H2,1-2H3,(H,21,22)(H,23,26). The second-order valence-electron chi connectivity index (χ2n) is 6.15. The molecule has 1 aromatic heterocycles. The summed E-state index contributed by atoms with van der Waals surface area (Å²) in [5.74, 6) is 0.344. The van der Waals surface area contributed by atoms with Crippen LogP contribution < -0.4 is 10.6 Å². The molecule has 3 N–H and O–H groups in total. The number of imidazole rings is 1. The highest BCUT2D eigenvalue weighted by Gasteiger charge is 2.15. The molecule has 0 atom stereocenters. The Labute approximate surface area is 156 Å². The molecular weight excluding hydrogens is 352 g/mol. The Hall–Kier alpha value is -2.57. The van der Waals surface area contributed by atoms with Crippen LogP contribution in [0, 0.1) is 13.8 Å². The number of halogens is 1. The number of anilines is 2. The van der Waals surface area contributed by atoms with Gasteiger partial charge in [-0.2, -0.15) is 0 Å². The lowest BCUT2D eigenvalue weighted by atomic mass is 10.1. The Kier molecular flexibility index (Phi) is 5.44. The fourth-order valence-electron chi connectivity index (χ4n) is 2.93. The van der Waals surface area contributed by atoms with Gasteiger partial charge in [0.25, 0.3) is 0 Å². The lowest BCUT2D eigenvalue weighted by Crippen LogP contribution is -2.21. The van der Waals surface area contributed by atoms with E-state index in [-0.39, 0.29) is 19.1 Å². The summed E-state index contributed by atoms with van der Waals surface area (Å²) in [6.45, 7) is 4.29. The van der Waals surface area contributed by atoms with Gasteiger partial charge in [-0.1, -0.05) is 29.8 Å². The van der Waals surface area contributed by atoms with Crippen molar-refractivity contribution < 1.29 is 9.90 Å². The van der Waals surface area contributed by atoms with Crippen LogP contribution >= 0.6 is 11.6 Å². The van der Waals surface area contributed by atoms with E-state index in [1.807, 2.05) is 50.2 Å². The predicted molar refractivity (Wildman–Crippen MR) is 105 cm³/mol. The van der Waals surface area contributed by atoms with Gasteiger partial charge in [-0.05, 0) is 43.2 Å². The SMILES string of the molecule is Cc1cc(C)c(NC(=O)Cn2c(NCCO)nc3ccccc32)c(Cl)c1. The number of aliphatic hydroxyl groups is 1. The fourth-order valence-corrected chi connectivity index (χ4v) is 3.30. The molecule has 0 radical (unpaired) electrons. The number of carbonyl (C=O) groups is 1. The number of aryl methyl sites for hydroxylation is 2. The number of amides is 1. The van der Waals surface area contributed by atoms with Crippen LogP contribution in [0.2, 0.25) is 5.02 Å². The summed E-state index contributed by atoms with van der Waals surface area (Å²) < 4.78 is 1.79. The van der Waals surface area contributed by atoms with Crippen molar-refractivity contribution in [3.05, 3.63) is 52.5 Å². The molecule has 1 heterocycles. The van der Waals surface area contributed by atoms with Crippen molar-refractivity contribution >= 4 is 40.2 Å². The number of nitrogens with one attached hydrogen (secondary N) is 2. The number of hydrogen-bond donors (Lipinski definition) is 3.